The Labute approximate surface area is 188 Å². The van der Waals surface area contributed by atoms with E-state index in [2.05, 4.69) is 21.3 Å². The van der Waals surface area contributed by atoms with Crippen LogP contribution in [0.2, 0.25) is 0 Å². The zero-order valence-corrected chi connectivity index (χ0v) is 18.6. The summed E-state index contributed by atoms with van der Waals surface area (Å²) in [6.45, 7) is 4.30. The number of carbonyl (C=O) groups is 4. The van der Waals surface area contributed by atoms with Gasteiger partial charge in [0.1, 0.15) is 24.4 Å². The molecule has 9 nitrogen and oxygen atoms in total. The Balaban J connectivity index is 1.84. The summed E-state index contributed by atoms with van der Waals surface area (Å²) < 4.78 is 5.71. The summed E-state index contributed by atoms with van der Waals surface area (Å²) in [5.74, 6) is -1.17. The lowest BCUT2D eigenvalue weighted by Gasteiger charge is -2.29. The maximum absolute atomic E-state index is 13.0. The first kappa shape index (κ1) is 23.6. The van der Waals surface area contributed by atoms with E-state index >= 15 is 0 Å². The molecule has 1 aromatic carbocycles. The molecule has 9 heteroatoms. The van der Waals surface area contributed by atoms with E-state index in [0.717, 1.165) is 19.3 Å². The number of benzene rings is 1. The normalized spacial score (nSPS) is 22.9. The number of hydrogen-bond acceptors (Lipinski definition) is 5. The van der Waals surface area contributed by atoms with Crippen molar-refractivity contribution in [3.63, 3.8) is 0 Å². The topological polar surface area (TPSA) is 126 Å². The second kappa shape index (κ2) is 11.0. The van der Waals surface area contributed by atoms with Crippen molar-refractivity contribution in [1.29, 1.82) is 0 Å². The third-order valence-electron chi connectivity index (χ3n) is 5.61. The van der Waals surface area contributed by atoms with Gasteiger partial charge in [-0.3, -0.25) is 19.2 Å². The minimum atomic E-state index is -1.07. The smallest absolute Gasteiger partial charge is 0.255 e. The van der Waals surface area contributed by atoms with Gasteiger partial charge in [-0.05, 0) is 43.7 Å². The van der Waals surface area contributed by atoms with E-state index in [1.165, 1.54) is 0 Å². The van der Waals surface area contributed by atoms with Crippen molar-refractivity contribution in [2.24, 2.45) is 5.92 Å². The van der Waals surface area contributed by atoms with Crippen LogP contribution in [-0.2, 0) is 14.4 Å². The van der Waals surface area contributed by atoms with E-state index in [4.69, 9.17) is 4.74 Å². The van der Waals surface area contributed by atoms with E-state index in [0.29, 0.717) is 12.2 Å². The van der Waals surface area contributed by atoms with Crippen LogP contribution in [0.1, 0.15) is 56.3 Å². The maximum Gasteiger partial charge on any atom is 0.255 e. The third-order valence-corrected chi connectivity index (χ3v) is 5.61. The molecule has 1 aromatic rings. The first-order chi connectivity index (χ1) is 15.3. The molecule has 2 aliphatic rings. The van der Waals surface area contributed by atoms with E-state index < -0.39 is 29.8 Å². The highest BCUT2D eigenvalue weighted by Crippen LogP contribution is 2.20. The molecular formula is C23H32N4O5. The summed E-state index contributed by atoms with van der Waals surface area (Å²) in [6, 6.07) is 4.94. The van der Waals surface area contributed by atoms with Crippen LogP contribution >= 0.6 is 0 Å². The lowest BCUT2D eigenvalue weighted by molar-refractivity contribution is -0.131. The quantitative estimate of drug-likeness (QED) is 0.549. The molecule has 1 saturated carbocycles. The Morgan fingerprint density at radius 2 is 1.91 bits per heavy atom. The van der Waals surface area contributed by atoms with E-state index in [-0.39, 0.29) is 43.0 Å². The predicted octanol–water partition coefficient (Wildman–Crippen LogP) is 0.883. The fraction of sp³-hybridized carbons (Fsp3) is 0.565. The number of ether oxygens (including phenoxy) is 1. The van der Waals surface area contributed by atoms with Gasteiger partial charge in [-0.15, -0.1) is 0 Å². The highest BCUT2D eigenvalue weighted by atomic mass is 16.5. The highest BCUT2D eigenvalue weighted by molar-refractivity contribution is 6.01. The largest absolute Gasteiger partial charge is 0.491 e. The Kier molecular flexibility index (Phi) is 8.08. The van der Waals surface area contributed by atoms with Crippen LogP contribution in [0.4, 0.5) is 0 Å². The molecule has 1 aliphatic carbocycles. The lowest BCUT2D eigenvalue weighted by atomic mass is 9.92. The van der Waals surface area contributed by atoms with Gasteiger partial charge in [0, 0.05) is 6.04 Å². The van der Waals surface area contributed by atoms with Crippen LogP contribution in [0.5, 0.6) is 5.75 Å². The van der Waals surface area contributed by atoms with Crippen molar-refractivity contribution in [1.82, 2.24) is 21.3 Å². The third kappa shape index (κ3) is 6.45. The van der Waals surface area contributed by atoms with Gasteiger partial charge in [0.15, 0.2) is 0 Å². The molecule has 3 rings (SSSR count). The number of rotatable bonds is 4. The zero-order chi connectivity index (χ0) is 23.1. The Hall–Kier alpha value is -3.10. The predicted molar refractivity (Wildman–Crippen MR) is 118 cm³/mol. The van der Waals surface area contributed by atoms with Crippen molar-refractivity contribution < 1.29 is 23.9 Å². The van der Waals surface area contributed by atoms with Gasteiger partial charge in [0.2, 0.25) is 17.7 Å². The van der Waals surface area contributed by atoms with Gasteiger partial charge in [-0.2, -0.15) is 0 Å². The summed E-state index contributed by atoms with van der Waals surface area (Å²) in [6.07, 6.45) is 2.98. The summed E-state index contributed by atoms with van der Waals surface area (Å²) in [5, 5.41) is 11.1. The molecule has 2 atom stereocenters. The zero-order valence-electron chi connectivity index (χ0n) is 18.6. The van der Waals surface area contributed by atoms with Crippen molar-refractivity contribution >= 4 is 23.6 Å². The molecule has 0 unspecified atom stereocenters. The second-order valence-electron chi connectivity index (χ2n) is 8.75. The first-order valence-corrected chi connectivity index (χ1v) is 11.2. The second-order valence-corrected chi connectivity index (χ2v) is 8.75. The molecule has 0 aromatic heterocycles. The molecular weight excluding hydrogens is 412 g/mol. The standard InChI is InChI=1S/C23H32N4O5/c1-14(2)12-17-22(30)24-10-11-32-19-9-4-3-8-16(19)21(29)27-18(13-20(28)26-17)23(31)25-15-6-5-7-15/h3-4,8-9,14-15,17-18H,5-7,10-13H2,1-2H3,(H,24,30)(H,25,31)(H,26,28)(H,27,29)/t17-,18+/m1/s1. The minimum Gasteiger partial charge on any atom is -0.491 e. The molecule has 4 N–H and O–H groups in total. The SMILES string of the molecule is CC(C)C[C@H]1NC(=O)C[C@@H](C(=O)NC2CCC2)NC(=O)c2ccccc2OCCNC1=O. The van der Waals surface area contributed by atoms with Crippen molar-refractivity contribution in [2.45, 2.75) is 64.1 Å². The van der Waals surface area contributed by atoms with Crippen LogP contribution in [0.25, 0.3) is 0 Å². The molecule has 0 radical (unpaired) electrons. The summed E-state index contributed by atoms with van der Waals surface area (Å²) in [5.41, 5.74) is 0.260. The monoisotopic (exact) mass is 444 g/mol. The van der Waals surface area contributed by atoms with E-state index in [1.807, 2.05) is 13.8 Å². The van der Waals surface area contributed by atoms with Gasteiger partial charge in [-0.1, -0.05) is 26.0 Å². The van der Waals surface area contributed by atoms with Gasteiger partial charge in [-0.25, -0.2) is 0 Å². The Bertz CT molecular complexity index is 853. The van der Waals surface area contributed by atoms with Gasteiger partial charge in [0.05, 0.1) is 18.5 Å². The van der Waals surface area contributed by atoms with E-state index in [1.54, 1.807) is 24.3 Å². The Morgan fingerprint density at radius 1 is 1.16 bits per heavy atom. The summed E-state index contributed by atoms with van der Waals surface area (Å²) >= 11 is 0. The van der Waals surface area contributed by atoms with Crippen molar-refractivity contribution in [3.8, 4) is 5.75 Å². The molecule has 174 valence electrons. The van der Waals surface area contributed by atoms with Crippen molar-refractivity contribution in [3.05, 3.63) is 29.8 Å². The number of fused-ring (bicyclic) bond motifs is 1. The first-order valence-electron chi connectivity index (χ1n) is 11.2. The number of carbonyl (C=O) groups excluding carboxylic acids is 4. The van der Waals surface area contributed by atoms with E-state index in [9.17, 15) is 19.2 Å². The number of amides is 4. The van der Waals surface area contributed by atoms with Crippen LogP contribution in [0.3, 0.4) is 0 Å². The average molecular weight is 445 g/mol. The molecule has 0 bridgehead atoms. The molecule has 4 amide bonds. The van der Waals surface area contributed by atoms with Crippen molar-refractivity contribution in [2.75, 3.05) is 13.2 Å². The molecule has 32 heavy (non-hydrogen) atoms. The summed E-state index contributed by atoms with van der Waals surface area (Å²) in [4.78, 5) is 51.2. The fourth-order valence-corrected chi connectivity index (χ4v) is 3.68. The molecule has 0 spiro atoms. The maximum atomic E-state index is 13.0. The molecule has 1 heterocycles. The number of nitrogens with one attached hydrogen (secondary N) is 4. The van der Waals surface area contributed by atoms with Crippen LogP contribution in [0.15, 0.2) is 24.3 Å². The molecule has 1 fully saturated rings. The summed E-state index contributed by atoms with van der Waals surface area (Å²) in [7, 11) is 0. The van der Waals surface area contributed by atoms with Gasteiger partial charge in [0.25, 0.3) is 5.91 Å². The highest BCUT2D eigenvalue weighted by Gasteiger charge is 2.30. The fourth-order valence-electron chi connectivity index (χ4n) is 3.68. The minimum absolute atomic E-state index is 0.0608. The van der Waals surface area contributed by atoms with Crippen LogP contribution < -0.4 is 26.0 Å². The van der Waals surface area contributed by atoms with Gasteiger partial charge >= 0.3 is 0 Å². The van der Waals surface area contributed by atoms with Gasteiger partial charge < -0.3 is 26.0 Å². The molecule has 0 saturated heterocycles. The van der Waals surface area contributed by atoms with Crippen LogP contribution in [-0.4, -0.2) is 54.9 Å². The number of hydrogen-bond donors (Lipinski definition) is 4. The lowest BCUT2D eigenvalue weighted by Crippen LogP contribution is -2.54. The average Bonchev–Trinajstić information content (AvgIpc) is 2.71. The molecule has 1 aliphatic heterocycles. The van der Waals surface area contributed by atoms with Crippen LogP contribution in [0, 0.1) is 5.92 Å². The Morgan fingerprint density at radius 3 is 2.59 bits per heavy atom. The number of para-hydroxylation sites is 1.